The van der Waals surface area contributed by atoms with Crippen LogP contribution in [0.5, 0.6) is 0 Å². The zero-order valence-corrected chi connectivity index (χ0v) is 21.7. The molecule has 3 aliphatic heterocycles. The number of rotatable bonds is 5. The number of carbonyl (C=O) groups is 3. The van der Waals surface area contributed by atoms with Gasteiger partial charge in [-0.3, -0.25) is 14.4 Å². The van der Waals surface area contributed by atoms with E-state index in [-0.39, 0.29) is 36.2 Å². The first-order chi connectivity index (χ1) is 17.9. The fourth-order valence-corrected chi connectivity index (χ4v) is 6.23. The second kappa shape index (κ2) is 10.5. The van der Waals surface area contributed by atoms with E-state index in [1.807, 2.05) is 67.4 Å². The van der Waals surface area contributed by atoms with Crippen LogP contribution >= 0.6 is 0 Å². The molecule has 196 valence electrons. The minimum Gasteiger partial charge on any atom is -0.381 e. The Labute approximate surface area is 218 Å². The summed E-state index contributed by atoms with van der Waals surface area (Å²) in [5, 5.41) is 2.81. The number of hydrogen-bond donors (Lipinski definition) is 1. The molecule has 0 aromatic heterocycles. The highest BCUT2D eigenvalue weighted by molar-refractivity contribution is 5.97. The van der Waals surface area contributed by atoms with Gasteiger partial charge in [0.2, 0.25) is 11.8 Å². The number of anilines is 1. The first-order valence-corrected chi connectivity index (χ1v) is 13.2. The van der Waals surface area contributed by atoms with E-state index in [9.17, 15) is 14.4 Å². The zero-order valence-electron chi connectivity index (χ0n) is 21.7. The number of benzene rings is 2. The van der Waals surface area contributed by atoms with E-state index in [0.29, 0.717) is 38.2 Å². The number of hydrogen-bond acceptors (Lipinski definition) is 5. The van der Waals surface area contributed by atoms with Crippen molar-refractivity contribution in [1.82, 2.24) is 15.1 Å². The minimum atomic E-state index is -0.695. The predicted octanol–water partition coefficient (Wildman–Crippen LogP) is 2.82. The van der Waals surface area contributed by atoms with Crippen molar-refractivity contribution >= 4 is 23.4 Å². The summed E-state index contributed by atoms with van der Waals surface area (Å²) in [6.07, 6.45) is 3.00. The summed E-state index contributed by atoms with van der Waals surface area (Å²) in [5.41, 5.74) is 1.86. The molecule has 3 heterocycles. The molecule has 3 atom stereocenters. The van der Waals surface area contributed by atoms with Crippen LogP contribution in [0.25, 0.3) is 0 Å². The van der Waals surface area contributed by atoms with Crippen molar-refractivity contribution in [3.05, 3.63) is 65.7 Å². The lowest BCUT2D eigenvalue weighted by Gasteiger charge is -2.50. The first kappa shape index (κ1) is 25.3. The molecule has 0 saturated carbocycles. The van der Waals surface area contributed by atoms with Crippen molar-refractivity contribution in [2.75, 3.05) is 44.9 Å². The van der Waals surface area contributed by atoms with Gasteiger partial charge in [-0.05, 0) is 50.5 Å². The highest BCUT2D eigenvalue weighted by atomic mass is 16.5. The number of likely N-dealkylation sites (tertiary alicyclic amines) is 1. The van der Waals surface area contributed by atoms with Crippen LogP contribution in [-0.2, 0) is 14.3 Å². The fraction of sp³-hybridized carbons (Fsp3) is 0.483. The molecule has 1 N–H and O–H groups in total. The number of amides is 3. The summed E-state index contributed by atoms with van der Waals surface area (Å²) >= 11 is 0. The second-order valence-electron chi connectivity index (χ2n) is 10.6. The monoisotopic (exact) mass is 504 g/mol. The number of para-hydroxylation sites is 1. The fourth-order valence-electron chi connectivity index (χ4n) is 6.23. The molecular weight excluding hydrogens is 468 g/mol. The highest BCUT2D eigenvalue weighted by Gasteiger charge is 2.56. The van der Waals surface area contributed by atoms with Crippen LogP contribution in [0.2, 0.25) is 0 Å². The summed E-state index contributed by atoms with van der Waals surface area (Å²) in [7, 11) is 1.85. The van der Waals surface area contributed by atoms with Crippen molar-refractivity contribution in [3.63, 3.8) is 0 Å². The standard InChI is InChI=1S/C29H36N4O4/c1-21-8-6-9-22(16-21)27(35)30-18-26(34)32-14-13-29(17-25(32)23-10-7-15-37-19-23)28(36)31(2)20-33(29)24-11-4-3-5-12-24/h3-6,8-9,11-12,16,23,25H,7,10,13-15,17-20H2,1-2H3,(H,30,35). The summed E-state index contributed by atoms with van der Waals surface area (Å²) in [6, 6.07) is 17.3. The van der Waals surface area contributed by atoms with Gasteiger partial charge in [-0.15, -0.1) is 0 Å². The van der Waals surface area contributed by atoms with Crippen LogP contribution in [0, 0.1) is 12.8 Å². The molecule has 3 amide bonds. The maximum absolute atomic E-state index is 13.7. The lowest BCUT2D eigenvalue weighted by molar-refractivity contribution is -0.143. The highest BCUT2D eigenvalue weighted by Crippen LogP contribution is 2.43. The summed E-state index contributed by atoms with van der Waals surface area (Å²) in [6.45, 7) is 4.16. The van der Waals surface area contributed by atoms with Gasteiger partial charge >= 0.3 is 0 Å². The molecular formula is C29H36N4O4. The molecule has 0 bridgehead atoms. The molecule has 3 aliphatic rings. The molecule has 0 aliphatic carbocycles. The molecule has 3 saturated heterocycles. The molecule has 5 rings (SSSR count). The number of piperidine rings is 1. The number of ether oxygens (including phenoxy) is 1. The molecule has 3 fully saturated rings. The topological polar surface area (TPSA) is 82.2 Å². The Kier molecular flexibility index (Phi) is 7.20. The summed E-state index contributed by atoms with van der Waals surface area (Å²) in [4.78, 5) is 45.8. The Balaban J connectivity index is 1.37. The van der Waals surface area contributed by atoms with E-state index >= 15 is 0 Å². The number of nitrogens with zero attached hydrogens (tertiary/aromatic N) is 3. The van der Waals surface area contributed by atoms with Crippen molar-refractivity contribution in [2.24, 2.45) is 5.92 Å². The number of nitrogens with one attached hydrogen (secondary N) is 1. The molecule has 8 heteroatoms. The average Bonchev–Trinajstić information content (AvgIpc) is 3.17. The van der Waals surface area contributed by atoms with E-state index in [4.69, 9.17) is 4.74 Å². The smallest absolute Gasteiger partial charge is 0.251 e. The van der Waals surface area contributed by atoms with Crippen LogP contribution in [0.1, 0.15) is 41.6 Å². The second-order valence-corrected chi connectivity index (χ2v) is 10.6. The van der Waals surface area contributed by atoms with Gasteiger partial charge < -0.3 is 24.8 Å². The SMILES string of the molecule is Cc1cccc(C(=O)NCC(=O)N2CCC3(CC2C2CCCOC2)C(=O)N(C)CN3c2ccccc2)c1. The van der Waals surface area contributed by atoms with E-state index in [1.165, 1.54) is 0 Å². The molecule has 0 radical (unpaired) electrons. The van der Waals surface area contributed by atoms with Crippen molar-refractivity contribution < 1.29 is 19.1 Å². The Morgan fingerprint density at radius 3 is 2.68 bits per heavy atom. The van der Waals surface area contributed by atoms with E-state index in [2.05, 4.69) is 10.2 Å². The molecule has 8 nitrogen and oxygen atoms in total. The van der Waals surface area contributed by atoms with Crippen molar-refractivity contribution in [3.8, 4) is 0 Å². The van der Waals surface area contributed by atoms with Crippen LogP contribution < -0.4 is 10.2 Å². The van der Waals surface area contributed by atoms with Gasteiger partial charge in [-0.2, -0.15) is 0 Å². The van der Waals surface area contributed by atoms with Gasteiger partial charge in [0.1, 0.15) is 5.54 Å². The number of aryl methyl sites for hydroxylation is 1. The summed E-state index contributed by atoms with van der Waals surface area (Å²) in [5.74, 6) is -0.112. The normalized spacial score (nSPS) is 26.0. The predicted molar refractivity (Wildman–Crippen MR) is 141 cm³/mol. The van der Waals surface area contributed by atoms with E-state index in [0.717, 1.165) is 30.7 Å². The van der Waals surface area contributed by atoms with Crippen LogP contribution in [-0.4, -0.2) is 79.1 Å². The molecule has 1 spiro atoms. The van der Waals surface area contributed by atoms with E-state index < -0.39 is 5.54 Å². The molecule has 2 aromatic rings. The third-order valence-corrected chi connectivity index (χ3v) is 8.14. The molecule has 37 heavy (non-hydrogen) atoms. The average molecular weight is 505 g/mol. The van der Waals surface area contributed by atoms with Crippen molar-refractivity contribution in [2.45, 2.75) is 44.2 Å². The number of likely N-dealkylation sites (N-methyl/N-ethyl adjacent to an activating group) is 1. The Morgan fingerprint density at radius 1 is 1.14 bits per heavy atom. The Bertz CT molecular complexity index is 1150. The Hall–Kier alpha value is -3.39. The maximum atomic E-state index is 13.7. The first-order valence-electron chi connectivity index (χ1n) is 13.2. The third-order valence-electron chi connectivity index (χ3n) is 8.14. The third kappa shape index (κ3) is 4.94. The number of carbonyl (C=O) groups excluding carboxylic acids is 3. The van der Waals surface area contributed by atoms with Gasteiger partial charge in [-0.25, -0.2) is 0 Å². The van der Waals surface area contributed by atoms with Gasteiger partial charge in [0.05, 0.1) is 19.8 Å². The van der Waals surface area contributed by atoms with Crippen molar-refractivity contribution in [1.29, 1.82) is 0 Å². The quantitative estimate of drug-likeness (QED) is 0.677. The zero-order chi connectivity index (χ0) is 26.0. The van der Waals surface area contributed by atoms with Gasteiger partial charge in [-0.1, -0.05) is 35.9 Å². The summed E-state index contributed by atoms with van der Waals surface area (Å²) < 4.78 is 5.82. The maximum Gasteiger partial charge on any atom is 0.251 e. The van der Waals surface area contributed by atoms with E-state index in [1.54, 1.807) is 11.0 Å². The van der Waals surface area contributed by atoms with Gasteiger partial charge in [0.15, 0.2) is 0 Å². The lowest BCUT2D eigenvalue weighted by atomic mass is 9.76. The minimum absolute atomic E-state index is 0.0693. The largest absolute Gasteiger partial charge is 0.381 e. The van der Waals surface area contributed by atoms with Crippen LogP contribution in [0.3, 0.4) is 0 Å². The van der Waals surface area contributed by atoms with Crippen LogP contribution in [0.4, 0.5) is 5.69 Å². The van der Waals surface area contributed by atoms with Crippen LogP contribution in [0.15, 0.2) is 54.6 Å². The molecule has 2 aromatic carbocycles. The lowest BCUT2D eigenvalue weighted by Crippen LogP contribution is -2.63. The molecule has 3 unspecified atom stereocenters. The van der Waals surface area contributed by atoms with Gasteiger partial charge in [0, 0.05) is 49.8 Å². The van der Waals surface area contributed by atoms with Gasteiger partial charge in [0.25, 0.3) is 5.91 Å². The Morgan fingerprint density at radius 2 is 1.95 bits per heavy atom.